The van der Waals surface area contributed by atoms with E-state index >= 15 is 0 Å². The Labute approximate surface area is 114 Å². The summed E-state index contributed by atoms with van der Waals surface area (Å²) >= 11 is 0. The highest BCUT2D eigenvalue weighted by atomic mass is 16.3. The average Bonchev–Trinajstić information content (AvgIpc) is 2.79. The van der Waals surface area contributed by atoms with Gasteiger partial charge < -0.3 is 10.1 Å². The third-order valence-electron chi connectivity index (χ3n) is 2.97. The van der Waals surface area contributed by atoms with Gasteiger partial charge in [0.1, 0.15) is 0 Å². The molecule has 1 aromatic heterocycles. The number of hydrogen-bond acceptors (Lipinski definition) is 1. The van der Waals surface area contributed by atoms with Gasteiger partial charge in [-0.15, -0.1) is 0 Å². The van der Waals surface area contributed by atoms with E-state index in [1.54, 1.807) is 0 Å². The zero-order chi connectivity index (χ0) is 14.1. The topological polar surface area (TPSA) is 53.1 Å². The number of fused-ring (bicyclic) bond motifs is 3. The largest absolute Gasteiger partial charge is 0.483 e. The molecule has 0 amide bonds. The summed E-state index contributed by atoms with van der Waals surface area (Å²) < 4.78 is 0. The fraction of sp³-hybridized carbons (Fsp3) is 0.312. The lowest BCUT2D eigenvalue weighted by Gasteiger charge is -2.04. The molecule has 0 fully saturated rings. The van der Waals surface area contributed by atoms with Gasteiger partial charge in [0.2, 0.25) is 0 Å². The Balaban J connectivity index is 0.000000321. The quantitative estimate of drug-likeness (QED) is 0.695. The Hall–Kier alpha value is -2.03. The van der Waals surface area contributed by atoms with E-state index in [-0.39, 0.29) is 6.47 Å². The van der Waals surface area contributed by atoms with Crippen LogP contribution in [0.5, 0.6) is 0 Å². The van der Waals surface area contributed by atoms with E-state index in [9.17, 15) is 0 Å². The summed E-state index contributed by atoms with van der Waals surface area (Å²) in [6, 6.07) is 6.61. The number of aromatic nitrogens is 1. The Bertz CT molecular complexity index is 541. The number of carboxylic acid groups (broad SMARTS) is 1. The highest BCUT2D eigenvalue weighted by Gasteiger charge is 2.07. The minimum atomic E-state index is -0.250. The van der Waals surface area contributed by atoms with Crippen LogP contribution in [0.15, 0.2) is 30.5 Å². The molecule has 0 bridgehead atoms. The predicted octanol–water partition coefficient (Wildman–Crippen LogP) is 4.24. The molecule has 3 nitrogen and oxygen atoms in total. The van der Waals surface area contributed by atoms with Gasteiger partial charge in [-0.3, -0.25) is 4.79 Å². The van der Waals surface area contributed by atoms with E-state index in [0.29, 0.717) is 0 Å². The molecule has 0 spiro atoms. The number of aromatic amines is 1. The second-order valence-corrected chi connectivity index (χ2v) is 3.98. The number of H-pyrrole nitrogens is 1. The van der Waals surface area contributed by atoms with Gasteiger partial charge in [-0.25, -0.2) is 0 Å². The van der Waals surface area contributed by atoms with Crippen LogP contribution in [-0.2, 0) is 11.2 Å². The number of rotatable bonds is 0. The van der Waals surface area contributed by atoms with Crippen molar-refractivity contribution in [1.82, 2.24) is 4.98 Å². The van der Waals surface area contributed by atoms with E-state index in [1.165, 1.54) is 41.3 Å². The standard InChI is InChI=1S/C13H13N.C2H6.CH2O2/c1-2-4-10-6-7-13-12(8-9-14-13)11(10)5-3-1;1-2;2-1-3/h3,5-9,14H,1-2,4H2;1-2H3;1H,(H,2,3). The van der Waals surface area contributed by atoms with Gasteiger partial charge in [0, 0.05) is 17.1 Å². The van der Waals surface area contributed by atoms with E-state index < -0.39 is 0 Å². The summed E-state index contributed by atoms with van der Waals surface area (Å²) in [6.45, 7) is 3.75. The molecule has 102 valence electrons. The molecule has 0 saturated carbocycles. The highest BCUT2D eigenvalue weighted by Crippen LogP contribution is 2.26. The lowest BCUT2D eigenvalue weighted by Crippen LogP contribution is -1.87. The highest BCUT2D eigenvalue weighted by molar-refractivity contribution is 5.90. The number of nitrogens with one attached hydrogen (secondary N) is 1. The fourth-order valence-electron chi connectivity index (χ4n) is 2.23. The van der Waals surface area contributed by atoms with E-state index in [4.69, 9.17) is 9.90 Å². The second-order valence-electron chi connectivity index (χ2n) is 3.98. The van der Waals surface area contributed by atoms with Gasteiger partial charge in [-0.1, -0.05) is 32.1 Å². The first-order valence-electron chi connectivity index (χ1n) is 6.70. The smallest absolute Gasteiger partial charge is 0.290 e. The van der Waals surface area contributed by atoms with Crippen molar-refractivity contribution < 1.29 is 9.90 Å². The molecule has 0 radical (unpaired) electrons. The van der Waals surface area contributed by atoms with Crippen molar-refractivity contribution in [2.45, 2.75) is 33.1 Å². The molecule has 1 aromatic carbocycles. The van der Waals surface area contributed by atoms with Crippen LogP contribution in [0, 0.1) is 0 Å². The van der Waals surface area contributed by atoms with Crippen molar-refractivity contribution in [3.05, 3.63) is 41.6 Å². The molecule has 2 N–H and O–H groups in total. The maximum atomic E-state index is 8.36. The fourth-order valence-corrected chi connectivity index (χ4v) is 2.23. The minimum absolute atomic E-state index is 0.250. The lowest BCUT2D eigenvalue weighted by atomic mass is 10.0. The van der Waals surface area contributed by atoms with Crippen LogP contribution in [0.4, 0.5) is 0 Å². The van der Waals surface area contributed by atoms with E-state index in [2.05, 4.69) is 35.3 Å². The molecule has 1 aliphatic rings. The van der Waals surface area contributed by atoms with Crippen LogP contribution in [0.3, 0.4) is 0 Å². The zero-order valence-electron chi connectivity index (χ0n) is 11.5. The third kappa shape index (κ3) is 3.71. The van der Waals surface area contributed by atoms with Gasteiger partial charge in [0.15, 0.2) is 0 Å². The molecule has 2 aromatic rings. The molecule has 1 heterocycles. The van der Waals surface area contributed by atoms with Crippen LogP contribution in [-0.4, -0.2) is 16.6 Å². The van der Waals surface area contributed by atoms with Crippen LogP contribution in [0.25, 0.3) is 17.0 Å². The van der Waals surface area contributed by atoms with Gasteiger partial charge in [-0.2, -0.15) is 0 Å². The summed E-state index contributed by atoms with van der Waals surface area (Å²) in [6.07, 6.45) is 10.3. The number of hydrogen-bond donors (Lipinski definition) is 2. The van der Waals surface area contributed by atoms with E-state index in [0.717, 1.165) is 0 Å². The Morgan fingerprint density at radius 1 is 1.26 bits per heavy atom. The van der Waals surface area contributed by atoms with Gasteiger partial charge in [0.05, 0.1) is 0 Å². The van der Waals surface area contributed by atoms with Crippen molar-refractivity contribution >= 4 is 23.5 Å². The average molecular weight is 259 g/mol. The SMILES string of the molecule is C1=Cc2c(ccc3[nH]ccc23)CCC1.CC.O=CO. The summed E-state index contributed by atoms with van der Waals surface area (Å²) in [5.41, 5.74) is 4.16. The van der Waals surface area contributed by atoms with Crippen LogP contribution in [0.2, 0.25) is 0 Å². The van der Waals surface area contributed by atoms with Crippen molar-refractivity contribution in [2.75, 3.05) is 0 Å². The molecule has 0 atom stereocenters. The lowest BCUT2D eigenvalue weighted by molar-refractivity contribution is -0.122. The molecule has 0 unspecified atom stereocenters. The zero-order valence-corrected chi connectivity index (χ0v) is 11.5. The van der Waals surface area contributed by atoms with Crippen LogP contribution >= 0.6 is 0 Å². The normalized spacial score (nSPS) is 12.3. The third-order valence-corrected chi connectivity index (χ3v) is 2.97. The van der Waals surface area contributed by atoms with Gasteiger partial charge in [-0.05, 0) is 42.5 Å². The first-order chi connectivity index (χ1) is 9.36. The van der Waals surface area contributed by atoms with Crippen LogP contribution in [0.1, 0.15) is 37.8 Å². The number of allylic oxidation sites excluding steroid dienone is 1. The summed E-state index contributed by atoms with van der Waals surface area (Å²) in [7, 11) is 0. The number of aryl methyl sites for hydroxylation is 1. The maximum Gasteiger partial charge on any atom is 0.290 e. The molecule has 3 rings (SSSR count). The maximum absolute atomic E-state index is 8.36. The monoisotopic (exact) mass is 259 g/mol. The first-order valence-corrected chi connectivity index (χ1v) is 6.70. The minimum Gasteiger partial charge on any atom is -0.483 e. The molecule has 0 saturated heterocycles. The van der Waals surface area contributed by atoms with Crippen LogP contribution < -0.4 is 0 Å². The molecular weight excluding hydrogens is 238 g/mol. The molecule has 3 heteroatoms. The number of benzene rings is 1. The number of carbonyl (C=O) groups is 1. The Morgan fingerprint density at radius 3 is 2.74 bits per heavy atom. The first kappa shape index (κ1) is 15.0. The van der Waals surface area contributed by atoms with Crippen molar-refractivity contribution in [3.63, 3.8) is 0 Å². The molecular formula is C16H21NO2. The summed E-state index contributed by atoms with van der Waals surface area (Å²) in [5, 5.41) is 8.25. The summed E-state index contributed by atoms with van der Waals surface area (Å²) in [4.78, 5) is 11.6. The van der Waals surface area contributed by atoms with Crippen molar-refractivity contribution in [1.29, 1.82) is 0 Å². The van der Waals surface area contributed by atoms with Crippen molar-refractivity contribution in [2.24, 2.45) is 0 Å². The Kier molecular flexibility index (Phi) is 6.44. The van der Waals surface area contributed by atoms with Crippen molar-refractivity contribution in [3.8, 4) is 0 Å². The molecule has 19 heavy (non-hydrogen) atoms. The van der Waals surface area contributed by atoms with E-state index in [1.807, 2.05) is 20.0 Å². The predicted molar refractivity (Wildman–Crippen MR) is 80.3 cm³/mol. The Morgan fingerprint density at radius 2 is 2.00 bits per heavy atom. The summed E-state index contributed by atoms with van der Waals surface area (Å²) in [5.74, 6) is 0. The van der Waals surface area contributed by atoms with Gasteiger partial charge >= 0.3 is 0 Å². The molecule has 0 aliphatic heterocycles. The molecule has 1 aliphatic carbocycles. The van der Waals surface area contributed by atoms with Gasteiger partial charge in [0.25, 0.3) is 6.47 Å². The second kappa shape index (κ2) is 8.14.